The van der Waals surface area contributed by atoms with Crippen molar-refractivity contribution in [3.63, 3.8) is 0 Å². The third kappa shape index (κ3) is 3.33. The Morgan fingerprint density at radius 3 is 2.57 bits per heavy atom. The first-order valence-electron chi connectivity index (χ1n) is 7.26. The zero-order chi connectivity index (χ0) is 17.0. The summed E-state index contributed by atoms with van der Waals surface area (Å²) in [6.45, 7) is 3.80. The molecule has 120 valence electrons. The van der Waals surface area contributed by atoms with Crippen molar-refractivity contribution in [2.24, 2.45) is 5.73 Å². The quantitative estimate of drug-likeness (QED) is 0.854. The highest BCUT2D eigenvalue weighted by Crippen LogP contribution is 2.40. The van der Waals surface area contributed by atoms with Crippen molar-refractivity contribution in [3.8, 4) is 6.07 Å². The molecule has 2 rings (SSSR count). The van der Waals surface area contributed by atoms with Crippen LogP contribution in [0, 0.1) is 11.3 Å². The van der Waals surface area contributed by atoms with Gasteiger partial charge in [-0.3, -0.25) is 0 Å². The molecule has 0 aromatic heterocycles. The molecule has 0 saturated carbocycles. The summed E-state index contributed by atoms with van der Waals surface area (Å²) < 4.78 is 10.6. The average Bonchev–Trinajstić information content (AvgIpc) is 2.54. The second kappa shape index (κ2) is 7.21. The van der Waals surface area contributed by atoms with E-state index in [4.69, 9.17) is 26.8 Å². The maximum absolute atomic E-state index is 12.4. The molecule has 0 fully saturated rings. The second-order valence-corrected chi connectivity index (χ2v) is 5.32. The van der Waals surface area contributed by atoms with Crippen molar-refractivity contribution in [3.05, 3.63) is 57.6 Å². The largest absolute Gasteiger partial charge is 0.463 e. The molecule has 0 bridgehead atoms. The first-order chi connectivity index (χ1) is 11.0. The average molecular weight is 333 g/mol. The van der Waals surface area contributed by atoms with Gasteiger partial charge >= 0.3 is 5.97 Å². The molecule has 0 radical (unpaired) electrons. The van der Waals surface area contributed by atoms with Gasteiger partial charge in [0, 0.05) is 11.4 Å². The molecule has 1 heterocycles. The van der Waals surface area contributed by atoms with Crippen LogP contribution in [0.4, 0.5) is 0 Å². The fraction of sp³-hybridized carbons (Fsp3) is 0.294. The van der Waals surface area contributed by atoms with Gasteiger partial charge in [0.15, 0.2) is 0 Å². The third-order valence-electron chi connectivity index (χ3n) is 3.52. The number of nitrogens with zero attached hydrogens (tertiary/aromatic N) is 1. The van der Waals surface area contributed by atoms with E-state index in [2.05, 4.69) is 0 Å². The SMILES string of the molecule is CCOC(=O)C1=C(CC)OC(N)=C(C#N)C1c1ccc(Cl)cc1. The fourth-order valence-corrected chi connectivity index (χ4v) is 2.63. The van der Waals surface area contributed by atoms with E-state index in [1.165, 1.54) is 0 Å². The van der Waals surface area contributed by atoms with Crippen molar-refractivity contribution in [1.82, 2.24) is 0 Å². The van der Waals surface area contributed by atoms with Crippen molar-refractivity contribution < 1.29 is 14.3 Å². The number of ether oxygens (including phenoxy) is 2. The molecule has 0 aliphatic carbocycles. The van der Waals surface area contributed by atoms with Gasteiger partial charge in [-0.15, -0.1) is 0 Å². The van der Waals surface area contributed by atoms with Gasteiger partial charge in [0.1, 0.15) is 17.4 Å². The van der Waals surface area contributed by atoms with Crippen LogP contribution in [-0.2, 0) is 14.3 Å². The summed E-state index contributed by atoms with van der Waals surface area (Å²) in [6, 6.07) is 8.96. The molecule has 5 nitrogen and oxygen atoms in total. The molecule has 1 unspecified atom stereocenters. The summed E-state index contributed by atoms with van der Waals surface area (Å²) in [5.41, 5.74) is 7.10. The van der Waals surface area contributed by atoms with Crippen molar-refractivity contribution >= 4 is 17.6 Å². The Hall–Kier alpha value is -2.45. The number of halogens is 1. The van der Waals surface area contributed by atoms with Crippen LogP contribution in [0.1, 0.15) is 31.7 Å². The highest BCUT2D eigenvalue weighted by Gasteiger charge is 2.36. The molecule has 1 aromatic carbocycles. The predicted molar refractivity (Wildman–Crippen MR) is 86.1 cm³/mol. The highest BCUT2D eigenvalue weighted by molar-refractivity contribution is 6.30. The molecule has 6 heteroatoms. The number of hydrogen-bond acceptors (Lipinski definition) is 5. The zero-order valence-corrected chi connectivity index (χ0v) is 13.7. The molecule has 1 aliphatic heterocycles. The number of hydrogen-bond donors (Lipinski definition) is 1. The number of rotatable bonds is 4. The van der Waals surface area contributed by atoms with Crippen LogP contribution in [0.3, 0.4) is 0 Å². The Labute approximate surface area is 139 Å². The first kappa shape index (κ1) is 16.9. The van der Waals surface area contributed by atoms with Gasteiger partial charge in [0.2, 0.25) is 5.88 Å². The highest BCUT2D eigenvalue weighted by atomic mass is 35.5. The Morgan fingerprint density at radius 1 is 1.39 bits per heavy atom. The molecule has 1 atom stereocenters. The molecule has 1 aromatic rings. The number of nitriles is 1. The molecular formula is C17H17ClN2O3. The van der Waals surface area contributed by atoms with Crippen LogP contribution in [0.5, 0.6) is 0 Å². The smallest absolute Gasteiger partial charge is 0.338 e. The molecule has 1 aliphatic rings. The summed E-state index contributed by atoms with van der Waals surface area (Å²) >= 11 is 5.92. The Bertz CT molecular complexity index is 714. The van der Waals surface area contributed by atoms with Crippen LogP contribution in [0.2, 0.25) is 5.02 Å². The van der Waals surface area contributed by atoms with Gasteiger partial charge < -0.3 is 15.2 Å². The van der Waals surface area contributed by atoms with Gasteiger partial charge in [-0.05, 0) is 24.6 Å². The topological polar surface area (TPSA) is 85.3 Å². The van der Waals surface area contributed by atoms with Crippen molar-refractivity contribution in [2.75, 3.05) is 6.61 Å². The molecule has 0 spiro atoms. The number of allylic oxidation sites excluding steroid dienone is 2. The predicted octanol–water partition coefficient (Wildman–Crippen LogP) is 3.37. The van der Waals surface area contributed by atoms with Gasteiger partial charge in [-0.1, -0.05) is 30.7 Å². The lowest BCUT2D eigenvalue weighted by molar-refractivity contribution is -0.139. The first-order valence-corrected chi connectivity index (χ1v) is 7.64. The van der Waals surface area contributed by atoms with Gasteiger partial charge in [0.25, 0.3) is 0 Å². The molecule has 0 amide bonds. The number of carbonyl (C=O) groups excluding carboxylic acids is 1. The second-order valence-electron chi connectivity index (χ2n) is 4.89. The van der Waals surface area contributed by atoms with E-state index in [-0.39, 0.29) is 18.1 Å². The van der Waals surface area contributed by atoms with E-state index in [1.807, 2.05) is 13.0 Å². The minimum Gasteiger partial charge on any atom is -0.463 e. The van der Waals surface area contributed by atoms with E-state index < -0.39 is 11.9 Å². The molecular weight excluding hydrogens is 316 g/mol. The normalized spacial score (nSPS) is 17.6. The van der Waals surface area contributed by atoms with Gasteiger partial charge in [0.05, 0.1) is 18.1 Å². The molecule has 0 saturated heterocycles. The third-order valence-corrected chi connectivity index (χ3v) is 3.77. The Balaban J connectivity index is 2.63. The van der Waals surface area contributed by atoms with Crippen LogP contribution >= 0.6 is 11.6 Å². The van der Waals surface area contributed by atoms with E-state index in [1.54, 1.807) is 31.2 Å². The standard InChI is InChI=1S/C17H17ClN2O3/c1-3-13-15(17(21)22-4-2)14(12(9-19)16(20)23-13)10-5-7-11(18)8-6-10/h5-8,14H,3-4,20H2,1-2H3. The van der Waals surface area contributed by atoms with Crippen LogP contribution in [0.15, 0.2) is 47.1 Å². The lowest BCUT2D eigenvalue weighted by atomic mass is 9.82. The van der Waals surface area contributed by atoms with E-state index in [0.717, 1.165) is 5.56 Å². The fourth-order valence-electron chi connectivity index (χ4n) is 2.50. The van der Waals surface area contributed by atoms with Crippen molar-refractivity contribution in [2.45, 2.75) is 26.2 Å². The monoisotopic (exact) mass is 332 g/mol. The van der Waals surface area contributed by atoms with Gasteiger partial charge in [-0.25, -0.2) is 4.79 Å². The van der Waals surface area contributed by atoms with Gasteiger partial charge in [-0.2, -0.15) is 5.26 Å². The summed E-state index contributed by atoms with van der Waals surface area (Å²) in [4.78, 5) is 12.4. The van der Waals surface area contributed by atoms with Crippen LogP contribution < -0.4 is 5.73 Å². The summed E-state index contributed by atoms with van der Waals surface area (Å²) in [7, 11) is 0. The minimum atomic E-state index is -0.625. The van der Waals surface area contributed by atoms with E-state index in [9.17, 15) is 10.1 Å². The lowest BCUT2D eigenvalue weighted by Gasteiger charge is -2.27. The molecule has 2 N–H and O–H groups in total. The van der Waals surface area contributed by atoms with Crippen molar-refractivity contribution in [1.29, 1.82) is 5.26 Å². The number of benzene rings is 1. The number of carbonyl (C=O) groups is 1. The maximum Gasteiger partial charge on any atom is 0.338 e. The minimum absolute atomic E-state index is 0.0114. The Morgan fingerprint density at radius 2 is 2.04 bits per heavy atom. The van der Waals surface area contributed by atoms with E-state index >= 15 is 0 Å². The van der Waals surface area contributed by atoms with E-state index in [0.29, 0.717) is 22.8 Å². The summed E-state index contributed by atoms with van der Waals surface area (Å²) in [5, 5.41) is 10.0. The Kier molecular flexibility index (Phi) is 5.30. The summed E-state index contributed by atoms with van der Waals surface area (Å²) in [6.07, 6.45) is 0.456. The maximum atomic E-state index is 12.4. The number of esters is 1. The molecule has 23 heavy (non-hydrogen) atoms. The lowest BCUT2D eigenvalue weighted by Crippen LogP contribution is -2.26. The summed E-state index contributed by atoms with van der Waals surface area (Å²) in [5.74, 6) is -0.707. The zero-order valence-electron chi connectivity index (χ0n) is 12.9. The van der Waals surface area contributed by atoms with Crippen LogP contribution in [0.25, 0.3) is 0 Å². The van der Waals surface area contributed by atoms with Crippen LogP contribution in [-0.4, -0.2) is 12.6 Å². The number of nitrogens with two attached hydrogens (primary N) is 1.